The molecule has 0 aliphatic carbocycles. The van der Waals surface area contributed by atoms with Gasteiger partial charge in [0.25, 0.3) is 10.0 Å². The normalized spacial score (nSPS) is 11.2. The largest absolute Gasteiger partial charge is 0.354 e. The number of para-hydroxylation sites is 1. The van der Waals surface area contributed by atoms with Crippen LogP contribution in [-0.2, 0) is 20.6 Å². The number of amides is 1. The van der Waals surface area contributed by atoms with Crippen LogP contribution in [0.3, 0.4) is 0 Å². The zero-order valence-corrected chi connectivity index (χ0v) is 21.0. The van der Waals surface area contributed by atoms with Crippen molar-refractivity contribution in [1.82, 2.24) is 5.32 Å². The molecule has 174 valence electrons. The number of rotatable bonds is 10. The summed E-state index contributed by atoms with van der Waals surface area (Å²) in [6, 6.07) is 21.4. The average Bonchev–Trinajstić information content (AvgIpc) is 2.79. The Kier molecular flexibility index (Phi) is 8.83. The molecule has 0 saturated carbocycles. The third-order valence-corrected chi connectivity index (χ3v) is 8.09. The highest BCUT2D eigenvalue weighted by Crippen LogP contribution is 2.27. The van der Waals surface area contributed by atoms with Gasteiger partial charge in [-0.3, -0.25) is 9.10 Å². The van der Waals surface area contributed by atoms with Gasteiger partial charge in [0.2, 0.25) is 5.91 Å². The van der Waals surface area contributed by atoms with Crippen LogP contribution in [0.5, 0.6) is 0 Å². The summed E-state index contributed by atoms with van der Waals surface area (Å²) in [5.41, 5.74) is 3.69. The second-order valence-electron chi connectivity index (χ2n) is 7.64. The van der Waals surface area contributed by atoms with Crippen molar-refractivity contribution in [2.75, 3.05) is 23.1 Å². The quantitative estimate of drug-likeness (QED) is 0.387. The first-order valence-corrected chi connectivity index (χ1v) is 13.5. The standard InChI is InChI=1S/C25H27ClN2O3S2/c1-19-7-9-21(10-8-19)18-32-16-15-27-25(29)17-28(24-6-4-3-5-20(24)2)33(30,31)23-13-11-22(26)12-14-23/h3-14H,15-18H2,1-2H3,(H,27,29). The minimum Gasteiger partial charge on any atom is -0.354 e. The van der Waals surface area contributed by atoms with E-state index in [-0.39, 0.29) is 17.3 Å². The van der Waals surface area contributed by atoms with Gasteiger partial charge in [-0.05, 0) is 55.3 Å². The molecule has 5 nitrogen and oxygen atoms in total. The smallest absolute Gasteiger partial charge is 0.264 e. The number of thioether (sulfide) groups is 1. The Labute approximate surface area is 205 Å². The molecule has 1 N–H and O–H groups in total. The van der Waals surface area contributed by atoms with Crippen LogP contribution < -0.4 is 9.62 Å². The molecule has 1 amide bonds. The molecule has 0 heterocycles. The summed E-state index contributed by atoms with van der Waals surface area (Å²) in [5.74, 6) is 1.23. The molecule has 0 saturated heterocycles. The lowest BCUT2D eigenvalue weighted by Crippen LogP contribution is -2.41. The topological polar surface area (TPSA) is 66.5 Å². The number of nitrogens with one attached hydrogen (secondary N) is 1. The highest BCUT2D eigenvalue weighted by Gasteiger charge is 2.28. The van der Waals surface area contributed by atoms with E-state index in [2.05, 4.69) is 36.5 Å². The van der Waals surface area contributed by atoms with Crippen molar-refractivity contribution in [3.63, 3.8) is 0 Å². The second-order valence-corrected chi connectivity index (χ2v) is 11.0. The molecule has 0 bridgehead atoms. The van der Waals surface area contributed by atoms with Gasteiger partial charge < -0.3 is 5.32 Å². The van der Waals surface area contributed by atoms with E-state index in [4.69, 9.17) is 11.6 Å². The fraction of sp³-hybridized carbons (Fsp3) is 0.240. The first kappa shape index (κ1) is 25.1. The van der Waals surface area contributed by atoms with E-state index in [9.17, 15) is 13.2 Å². The number of sulfonamides is 1. The lowest BCUT2D eigenvalue weighted by atomic mass is 10.2. The van der Waals surface area contributed by atoms with Gasteiger partial charge >= 0.3 is 0 Å². The van der Waals surface area contributed by atoms with Crippen molar-refractivity contribution in [3.8, 4) is 0 Å². The van der Waals surface area contributed by atoms with Crippen molar-refractivity contribution in [2.45, 2.75) is 24.5 Å². The number of hydrogen-bond acceptors (Lipinski definition) is 4. The van der Waals surface area contributed by atoms with E-state index in [1.807, 2.05) is 19.1 Å². The number of carbonyl (C=O) groups excluding carboxylic acids is 1. The average molecular weight is 503 g/mol. The van der Waals surface area contributed by atoms with E-state index >= 15 is 0 Å². The molecule has 8 heteroatoms. The highest BCUT2D eigenvalue weighted by atomic mass is 35.5. The maximum absolute atomic E-state index is 13.4. The minimum atomic E-state index is -3.95. The first-order valence-electron chi connectivity index (χ1n) is 10.5. The predicted octanol–water partition coefficient (Wildman–Crippen LogP) is 5.20. The van der Waals surface area contributed by atoms with Gasteiger partial charge in [0.05, 0.1) is 10.6 Å². The minimum absolute atomic E-state index is 0.0802. The number of carbonyl (C=O) groups is 1. The lowest BCUT2D eigenvalue weighted by Gasteiger charge is -2.25. The summed E-state index contributed by atoms with van der Waals surface area (Å²) in [5, 5.41) is 3.29. The molecule has 3 rings (SSSR count). The Morgan fingerprint density at radius 1 is 0.970 bits per heavy atom. The Balaban J connectivity index is 1.65. The monoisotopic (exact) mass is 502 g/mol. The van der Waals surface area contributed by atoms with Crippen molar-refractivity contribution >= 4 is 45.0 Å². The van der Waals surface area contributed by atoms with Crippen molar-refractivity contribution in [1.29, 1.82) is 0 Å². The highest BCUT2D eigenvalue weighted by molar-refractivity contribution is 7.98. The Morgan fingerprint density at radius 2 is 1.64 bits per heavy atom. The van der Waals surface area contributed by atoms with Crippen molar-refractivity contribution in [2.24, 2.45) is 0 Å². The molecule has 0 aliphatic rings. The molecular weight excluding hydrogens is 476 g/mol. The van der Waals surface area contributed by atoms with Gasteiger partial charge in [0, 0.05) is 23.1 Å². The zero-order chi connectivity index (χ0) is 23.8. The maximum atomic E-state index is 13.4. The lowest BCUT2D eigenvalue weighted by molar-refractivity contribution is -0.119. The van der Waals surface area contributed by atoms with E-state index in [1.165, 1.54) is 35.4 Å². The summed E-state index contributed by atoms with van der Waals surface area (Å²) >= 11 is 7.64. The van der Waals surface area contributed by atoms with Crippen LogP contribution in [0.25, 0.3) is 0 Å². The van der Waals surface area contributed by atoms with Crippen LogP contribution in [-0.4, -0.2) is 33.2 Å². The van der Waals surface area contributed by atoms with E-state index < -0.39 is 10.0 Å². The molecule has 33 heavy (non-hydrogen) atoms. The molecule has 0 spiro atoms. The predicted molar refractivity (Wildman–Crippen MR) is 138 cm³/mol. The molecule has 3 aromatic carbocycles. The van der Waals surface area contributed by atoms with Crippen molar-refractivity contribution in [3.05, 3.63) is 94.5 Å². The first-order chi connectivity index (χ1) is 15.8. The molecular formula is C25H27ClN2O3S2. The van der Waals surface area contributed by atoms with Gasteiger partial charge in [-0.2, -0.15) is 11.8 Å². The number of anilines is 1. The summed E-state index contributed by atoms with van der Waals surface area (Å²) in [7, 11) is -3.95. The van der Waals surface area contributed by atoms with Gasteiger partial charge in [-0.25, -0.2) is 8.42 Å². The Bertz CT molecular complexity index is 1180. The molecule has 0 aliphatic heterocycles. The molecule has 0 unspecified atom stereocenters. The van der Waals surface area contributed by atoms with Gasteiger partial charge in [-0.15, -0.1) is 0 Å². The van der Waals surface area contributed by atoms with Gasteiger partial charge in [0.1, 0.15) is 6.54 Å². The molecule has 0 fully saturated rings. The van der Waals surface area contributed by atoms with E-state index in [0.29, 0.717) is 17.3 Å². The molecule has 0 atom stereocenters. The summed E-state index contributed by atoms with van der Waals surface area (Å²) in [4.78, 5) is 12.8. The molecule has 3 aromatic rings. The van der Waals surface area contributed by atoms with Crippen LogP contribution in [0.4, 0.5) is 5.69 Å². The number of halogens is 1. The third kappa shape index (κ3) is 7.00. The van der Waals surface area contributed by atoms with Gasteiger partial charge in [0.15, 0.2) is 0 Å². The van der Waals surface area contributed by atoms with Crippen LogP contribution in [0.15, 0.2) is 77.7 Å². The van der Waals surface area contributed by atoms with E-state index in [1.54, 1.807) is 23.9 Å². The number of aryl methyl sites for hydroxylation is 2. The summed E-state index contributed by atoms with van der Waals surface area (Å²) in [6.45, 7) is 4.02. The summed E-state index contributed by atoms with van der Waals surface area (Å²) < 4.78 is 27.9. The SMILES string of the molecule is Cc1ccc(CSCCNC(=O)CN(c2ccccc2C)S(=O)(=O)c2ccc(Cl)cc2)cc1. The fourth-order valence-corrected chi connectivity index (χ4v) is 5.63. The van der Waals surface area contributed by atoms with Crippen LogP contribution in [0, 0.1) is 13.8 Å². The maximum Gasteiger partial charge on any atom is 0.264 e. The second kappa shape index (κ2) is 11.6. The molecule has 0 aromatic heterocycles. The number of nitrogens with zero attached hydrogens (tertiary/aromatic N) is 1. The van der Waals surface area contributed by atoms with E-state index in [0.717, 1.165) is 21.4 Å². The third-order valence-electron chi connectivity index (χ3n) is 5.03. The van der Waals surface area contributed by atoms with Crippen molar-refractivity contribution < 1.29 is 13.2 Å². The summed E-state index contributed by atoms with van der Waals surface area (Å²) in [6.07, 6.45) is 0. The van der Waals surface area contributed by atoms with Gasteiger partial charge in [-0.1, -0.05) is 59.6 Å². The van der Waals surface area contributed by atoms with Crippen LogP contribution in [0.1, 0.15) is 16.7 Å². The number of benzene rings is 3. The Hall–Kier alpha value is -2.48. The van der Waals surface area contributed by atoms with Crippen LogP contribution in [0.2, 0.25) is 5.02 Å². The Morgan fingerprint density at radius 3 is 2.30 bits per heavy atom. The molecule has 0 radical (unpaired) electrons. The van der Waals surface area contributed by atoms with Crippen LogP contribution >= 0.6 is 23.4 Å². The number of hydrogen-bond donors (Lipinski definition) is 1. The fourth-order valence-electron chi connectivity index (χ4n) is 3.20. The zero-order valence-electron chi connectivity index (χ0n) is 18.6.